The predicted molar refractivity (Wildman–Crippen MR) is 85.8 cm³/mol. The van der Waals surface area contributed by atoms with Gasteiger partial charge in [-0.25, -0.2) is 0 Å². The van der Waals surface area contributed by atoms with E-state index in [0.717, 1.165) is 11.3 Å². The van der Waals surface area contributed by atoms with Crippen LogP contribution < -0.4 is 10.1 Å². The maximum atomic E-state index is 11.4. The van der Waals surface area contributed by atoms with Gasteiger partial charge in [-0.05, 0) is 12.1 Å². The molecule has 0 radical (unpaired) electrons. The number of benzene rings is 1. The summed E-state index contributed by atoms with van der Waals surface area (Å²) in [6, 6.07) is 6.57. The highest BCUT2D eigenvalue weighted by molar-refractivity contribution is 5.73. The molecule has 3 rings (SSSR count). The van der Waals surface area contributed by atoms with E-state index in [1.807, 2.05) is 24.3 Å². The molecule has 0 aromatic heterocycles. The minimum atomic E-state index is -0.989. The molecular weight excluding hydrogens is 330 g/mol. The van der Waals surface area contributed by atoms with Crippen LogP contribution >= 0.6 is 0 Å². The van der Waals surface area contributed by atoms with Gasteiger partial charge in [0, 0.05) is 19.6 Å². The summed E-state index contributed by atoms with van der Waals surface area (Å²) >= 11 is 0. The van der Waals surface area contributed by atoms with E-state index in [1.54, 1.807) is 7.11 Å². The van der Waals surface area contributed by atoms with Crippen LogP contribution in [0.15, 0.2) is 24.3 Å². The van der Waals surface area contributed by atoms with Gasteiger partial charge in [0.1, 0.15) is 30.1 Å². The maximum Gasteiger partial charge on any atom is 0.217 e. The zero-order valence-corrected chi connectivity index (χ0v) is 14.4. The van der Waals surface area contributed by atoms with E-state index >= 15 is 0 Å². The lowest BCUT2D eigenvalue weighted by molar-refractivity contribution is -0.341. The van der Waals surface area contributed by atoms with Gasteiger partial charge in [0.05, 0.1) is 13.7 Å². The van der Waals surface area contributed by atoms with Crippen LogP contribution in [0.2, 0.25) is 0 Å². The molecule has 0 aliphatic carbocycles. The highest BCUT2D eigenvalue weighted by atomic mass is 16.7. The Bertz CT molecular complexity index is 593. The molecule has 2 fully saturated rings. The molecule has 1 aromatic rings. The number of hydrogen-bond donors (Lipinski definition) is 2. The molecule has 2 N–H and O–H groups in total. The molecule has 0 spiro atoms. The number of ether oxygens (including phenoxy) is 5. The van der Waals surface area contributed by atoms with E-state index in [0.29, 0.717) is 0 Å². The van der Waals surface area contributed by atoms with Crippen molar-refractivity contribution in [3.8, 4) is 5.75 Å². The summed E-state index contributed by atoms with van der Waals surface area (Å²) in [6.45, 7) is 1.61. The second kappa shape index (κ2) is 7.67. The maximum absolute atomic E-state index is 11.4. The Hall–Kier alpha value is -1.71. The zero-order valence-electron chi connectivity index (χ0n) is 14.4. The van der Waals surface area contributed by atoms with Crippen molar-refractivity contribution >= 4 is 5.91 Å². The van der Waals surface area contributed by atoms with Crippen LogP contribution in [0.4, 0.5) is 0 Å². The first-order valence-electron chi connectivity index (χ1n) is 8.08. The molecule has 2 aliphatic heterocycles. The van der Waals surface area contributed by atoms with Crippen LogP contribution in [0, 0.1) is 0 Å². The first kappa shape index (κ1) is 18.1. The van der Waals surface area contributed by atoms with Gasteiger partial charge in [0.25, 0.3) is 0 Å². The van der Waals surface area contributed by atoms with E-state index in [1.165, 1.54) is 14.0 Å². The number of amides is 1. The van der Waals surface area contributed by atoms with Crippen LogP contribution in [0.3, 0.4) is 0 Å². The third-order valence-electron chi connectivity index (χ3n) is 4.36. The van der Waals surface area contributed by atoms with Crippen LogP contribution in [-0.2, 0) is 23.7 Å². The summed E-state index contributed by atoms with van der Waals surface area (Å²) in [4.78, 5) is 11.4. The zero-order chi connectivity index (χ0) is 18.0. The monoisotopic (exact) mass is 353 g/mol. The Balaban J connectivity index is 1.74. The minimum absolute atomic E-state index is 0.241. The normalized spacial score (nSPS) is 34.9. The van der Waals surface area contributed by atoms with Crippen LogP contribution in [0.5, 0.6) is 5.75 Å². The van der Waals surface area contributed by atoms with Gasteiger partial charge in [-0.1, -0.05) is 12.1 Å². The predicted octanol–water partition coefficient (Wildman–Crippen LogP) is 0.346. The number of carbonyl (C=O) groups excluding carboxylic acids is 1. The smallest absolute Gasteiger partial charge is 0.217 e. The van der Waals surface area contributed by atoms with Crippen molar-refractivity contribution in [2.75, 3.05) is 20.8 Å². The molecule has 8 heteroatoms. The molecule has 8 nitrogen and oxygen atoms in total. The van der Waals surface area contributed by atoms with Gasteiger partial charge in [-0.3, -0.25) is 4.79 Å². The Morgan fingerprint density at radius 2 is 1.96 bits per heavy atom. The molecular formula is C17H23NO7. The van der Waals surface area contributed by atoms with Gasteiger partial charge in [-0.2, -0.15) is 0 Å². The highest BCUT2D eigenvalue weighted by Gasteiger charge is 2.49. The highest BCUT2D eigenvalue weighted by Crippen LogP contribution is 2.34. The minimum Gasteiger partial charge on any atom is -0.497 e. The van der Waals surface area contributed by atoms with Gasteiger partial charge < -0.3 is 34.1 Å². The van der Waals surface area contributed by atoms with Crippen molar-refractivity contribution in [1.29, 1.82) is 0 Å². The van der Waals surface area contributed by atoms with Crippen molar-refractivity contribution in [2.24, 2.45) is 0 Å². The number of nitrogens with one attached hydrogen (secondary N) is 1. The molecule has 138 valence electrons. The number of methoxy groups -OCH3 is 2. The SMILES string of the molecule is COc1ccc([C@H]2OC[C@@H]3O[C@H](OC)[C@@H](NC(C)=O)[C@@H](O)[C@H]3O2)cc1. The Kier molecular flexibility index (Phi) is 5.55. The second-order valence-electron chi connectivity index (χ2n) is 6.03. The summed E-state index contributed by atoms with van der Waals surface area (Å²) in [5, 5.41) is 13.3. The van der Waals surface area contributed by atoms with Crippen molar-refractivity contribution in [3.63, 3.8) is 0 Å². The van der Waals surface area contributed by atoms with Crippen molar-refractivity contribution < 1.29 is 33.6 Å². The van der Waals surface area contributed by atoms with Gasteiger partial charge in [0.15, 0.2) is 12.6 Å². The Morgan fingerprint density at radius 3 is 2.56 bits per heavy atom. The first-order valence-corrected chi connectivity index (χ1v) is 8.08. The number of hydrogen-bond acceptors (Lipinski definition) is 7. The molecule has 0 saturated carbocycles. The number of aliphatic hydroxyl groups is 1. The molecule has 6 atom stereocenters. The van der Waals surface area contributed by atoms with Gasteiger partial charge in [-0.15, -0.1) is 0 Å². The molecule has 0 bridgehead atoms. The molecule has 2 saturated heterocycles. The van der Waals surface area contributed by atoms with E-state index in [-0.39, 0.29) is 12.5 Å². The van der Waals surface area contributed by atoms with E-state index < -0.39 is 36.9 Å². The second-order valence-corrected chi connectivity index (χ2v) is 6.03. The largest absolute Gasteiger partial charge is 0.497 e. The first-order chi connectivity index (χ1) is 12.0. The fraction of sp³-hybridized carbons (Fsp3) is 0.588. The van der Waals surface area contributed by atoms with E-state index in [9.17, 15) is 9.90 Å². The summed E-state index contributed by atoms with van der Waals surface area (Å²) in [5.74, 6) is 0.444. The van der Waals surface area contributed by atoms with E-state index in [4.69, 9.17) is 23.7 Å². The van der Waals surface area contributed by atoms with E-state index in [2.05, 4.69) is 5.32 Å². The van der Waals surface area contributed by atoms with Crippen molar-refractivity contribution in [2.45, 2.75) is 43.9 Å². The lowest BCUT2D eigenvalue weighted by Crippen LogP contribution is -2.66. The molecule has 25 heavy (non-hydrogen) atoms. The van der Waals surface area contributed by atoms with Crippen LogP contribution in [0.25, 0.3) is 0 Å². The summed E-state index contributed by atoms with van der Waals surface area (Å²) in [7, 11) is 3.05. The van der Waals surface area contributed by atoms with Crippen molar-refractivity contribution in [1.82, 2.24) is 5.32 Å². The molecule has 0 unspecified atom stereocenters. The van der Waals surface area contributed by atoms with Crippen LogP contribution in [-0.4, -0.2) is 62.5 Å². The van der Waals surface area contributed by atoms with Crippen molar-refractivity contribution in [3.05, 3.63) is 29.8 Å². The number of carbonyl (C=O) groups is 1. The fourth-order valence-electron chi connectivity index (χ4n) is 3.11. The third-order valence-corrected chi connectivity index (χ3v) is 4.36. The lowest BCUT2D eigenvalue weighted by atomic mass is 9.95. The van der Waals surface area contributed by atoms with Gasteiger partial charge >= 0.3 is 0 Å². The molecule has 1 amide bonds. The summed E-state index contributed by atoms with van der Waals surface area (Å²) in [5.41, 5.74) is 0.802. The van der Waals surface area contributed by atoms with Gasteiger partial charge in [0.2, 0.25) is 5.91 Å². The third kappa shape index (κ3) is 3.78. The summed E-state index contributed by atoms with van der Waals surface area (Å²) in [6.07, 6.45) is -3.53. The topological polar surface area (TPSA) is 95.5 Å². The molecule has 1 aromatic carbocycles. The fourth-order valence-corrected chi connectivity index (χ4v) is 3.11. The lowest BCUT2D eigenvalue weighted by Gasteiger charge is -2.47. The standard InChI is InChI=1S/C17H23NO7/c1-9(19)18-13-14(20)15-12(24-17(13)22-3)8-23-16(25-15)10-4-6-11(21-2)7-5-10/h4-7,12-17,20H,8H2,1-3H3,(H,18,19)/t12-,13-,14+,15-,16-,17-/m0/s1. The molecule has 2 heterocycles. The molecule has 2 aliphatic rings. The quantitative estimate of drug-likeness (QED) is 0.806. The Morgan fingerprint density at radius 1 is 1.24 bits per heavy atom. The summed E-state index contributed by atoms with van der Waals surface area (Å²) < 4.78 is 27.8. The number of rotatable bonds is 4. The van der Waals surface area contributed by atoms with Crippen LogP contribution in [0.1, 0.15) is 18.8 Å². The Labute approximate surface area is 146 Å². The average Bonchev–Trinajstić information content (AvgIpc) is 2.63. The number of fused-ring (bicyclic) bond motifs is 1. The number of aliphatic hydroxyl groups excluding tert-OH is 1. The average molecular weight is 353 g/mol.